The number of piperazine rings is 1. The van der Waals surface area contributed by atoms with E-state index in [4.69, 9.17) is 0 Å². The van der Waals surface area contributed by atoms with Crippen molar-refractivity contribution in [3.8, 4) is 0 Å². The van der Waals surface area contributed by atoms with Crippen LogP contribution < -0.4 is 10.6 Å². The average molecular weight is 253 g/mol. The maximum absolute atomic E-state index is 12.5. The fourth-order valence-corrected chi connectivity index (χ4v) is 2.68. The second-order valence-corrected chi connectivity index (χ2v) is 5.13. The predicted molar refractivity (Wildman–Crippen MR) is 64.6 cm³/mol. The third-order valence-corrected chi connectivity index (χ3v) is 3.74. The van der Waals surface area contributed by atoms with Gasteiger partial charge in [0.25, 0.3) is 0 Å². The number of hydrogen-bond donors (Lipinski definition) is 2. The SMILES string of the molecule is CCC1C(=O)NC(=O)CN1C(=O)C1(C)CCCN1. The quantitative estimate of drug-likeness (QED) is 0.644. The summed E-state index contributed by atoms with van der Waals surface area (Å²) in [7, 11) is 0. The van der Waals surface area contributed by atoms with Crippen LogP contribution in [-0.2, 0) is 14.4 Å². The van der Waals surface area contributed by atoms with Crippen LogP contribution in [0.25, 0.3) is 0 Å². The molecule has 2 atom stereocenters. The second kappa shape index (κ2) is 4.68. The number of rotatable bonds is 2. The van der Waals surface area contributed by atoms with Gasteiger partial charge in [0.2, 0.25) is 17.7 Å². The molecule has 18 heavy (non-hydrogen) atoms. The Balaban J connectivity index is 2.21. The van der Waals surface area contributed by atoms with Crippen LogP contribution in [0.3, 0.4) is 0 Å². The van der Waals surface area contributed by atoms with E-state index in [2.05, 4.69) is 10.6 Å². The van der Waals surface area contributed by atoms with Crippen LogP contribution in [0.15, 0.2) is 0 Å². The minimum atomic E-state index is -0.634. The van der Waals surface area contributed by atoms with Gasteiger partial charge in [0, 0.05) is 0 Å². The van der Waals surface area contributed by atoms with Gasteiger partial charge in [0.15, 0.2) is 0 Å². The number of hydrogen-bond acceptors (Lipinski definition) is 4. The monoisotopic (exact) mass is 253 g/mol. The highest BCUT2D eigenvalue weighted by molar-refractivity contribution is 6.05. The summed E-state index contributed by atoms with van der Waals surface area (Å²) in [4.78, 5) is 37.1. The topological polar surface area (TPSA) is 78.5 Å². The molecule has 2 rings (SSSR count). The summed E-state index contributed by atoms with van der Waals surface area (Å²) in [6, 6.07) is -0.533. The van der Waals surface area contributed by atoms with Gasteiger partial charge < -0.3 is 10.2 Å². The number of imide groups is 1. The lowest BCUT2D eigenvalue weighted by molar-refractivity contribution is -0.153. The standard InChI is InChI=1S/C12H19N3O3/c1-3-8-10(17)14-9(16)7-15(8)11(18)12(2)5-4-6-13-12/h8,13H,3-7H2,1-2H3,(H,14,16,17). The molecule has 0 bridgehead atoms. The first-order valence-corrected chi connectivity index (χ1v) is 6.38. The molecule has 2 fully saturated rings. The molecule has 2 N–H and O–H groups in total. The van der Waals surface area contributed by atoms with Crippen molar-refractivity contribution in [2.75, 3.05) is 13.1 Å². The summed E-state index contributed by atoms with van der Waals surface area (Å²) in [6.45, 7) is 4.45. The Hall–Kier alpha value is -1.43. The van der Waals surface area contributed by atoms with Gasteiger partial charge in [0.1, 0.15) is 12.6 Å². The van der Waals surface area contributed by atoms with Gasteiger partial charge in [-0.1, -0.05) is 6.92 Å². The molecular formula is C12H19N3O3. The molecule has 2 unspecified atom stereocenters. The summed E-state index contributed by atoms with van der Waals surface area (Å²) < 4.78 is 0. The maximum atomic E-state index is 12.5. The van der Waals surface area contributed by atoms with Gasteiger partial charge in [-0.2, -0.15) is 0 Å². The molecule has 0 aromatic rings. The van der Waals surface area contributed by atoms with Crippen LogP contribution in [0.1, 0.15) is 33.1 Å². The minimum Gasteiger partial charge on any atom is -0.320 e. The Labute approximate surface area is 106 Å². The summed E-state index contributed by atoms with van der Waals surface area (Å²) in [5.74, 6) is -0.918. The molecule has 0 spiro atoms. The van der Waals surface area contributed by atoms with Crippen LogP contribution in [0.2, 0.25) is 0 Å². The van der Waals surface area contributed by atoms with E-state index < -0.39 is 17.5 Å². The fourth-order valence-electron chi connectivity index (χ4n) is 2.68. The van der Waals surface area contributed by atoms with Crippen molar-refractivity contribution in [3.05, 3.63) is 0 Å². The number of amides is 3. The normalized spacial score (nSPS) is 32.6. The van der Waals surface area contributed by atoms with Crippen molar-refractivity contribution in [1.29, 1.82) is 0 Å². The first kappa shape index (κ1) is 13.0. The van der Waals surface area contributed by atoms with Gasteiger partial charge in [-0.05, 0) is 32.7 Å². The Morgan fingerprint density at radius 1 is 1.50 bits per heavy atom. The Kier molecular flexibility index (Phi) is 3.38. The highest BCUT2D eigenvalue weighted by atomic mass is 16.2. The number of nitrogens with zero attached hydrogens (tertiary/aromatic N) is 1. The zero-order chi connectivity index (χ0) is 13.3. The Morgan fingerprint density at radius 2 is 2.22 bits per heavy atom. The smallest absolute Gasteiger partial charge is 0.249 e. The van der Waals surface area contributed by atoms with E-state index in [1.165, 1.54) is 4.90 Å². The van der Waals surface area contributed by atoms with Gasteiger partial charge >= 0.3 is 0 Å². The molecule has 2 aliphatic heterocycles. The van der Waals surface area contributed by atoms with Crippen LogP contribution in [-0.4, -0.2) is 47.3 Å². The molecule has 2 aliphatic rings. The molecule has 6 nitrogen and oxygen atoms in total. The van der Waals surface area contributed by atoms with Crippen LogP contribution in [0, 0.1) is 0 Å². The third kappa shape index (κ3) is 2.12. The molecule has 100 valence electrons. The molecule has 0 aromatic heterocycles. The number of carbonyl (C=O) groups excluding carboxylic acids is 3. The maximum Gasteiger partial charge on any atom is 0.249 e. The highest BCUT2D eigenvalue weighted by Crippen LogP contribution is 2.23. The number of carbonyl (C=O) groups is 3. The lowest BCUT2D eigenvalue weighted by Gasteiger charge is -2.38. The second-order valence-electron chi connectivity index (χ2n) is 5.13. The van der Waals surface area contributed by atoms with Gasteiger partial charge in [0.05, 0.1) is 5.54 Å². The molecule has 2 saturated heterocycles. The van der Waals surface area contributed by atoms with Crippen molar-refractivity contribution in [3.63, 3.8) is 0 Å². The largest absolute Gasteiger partial charge is 0.320 e. The van der Waals surface area contributed by atoms with Crippen LogP contribution >= 0.6 is 0 Å². The molecule has 0 aromatic carbocycles. The summed E-state index contributed by atoms with van der Waals surface area (Å²) in [5.41, 5.74) is -0.634. The molecule has 0 radical (unpaired) electrons. The molecule has 2 heterocycles. The van der Waals surface area contributed by atoms with Gasteiger partial charge in [-0.3, -0.25) is 19.7 Å². The predicted octanol–water partition coefficient (Wildman–Crippen LogP) is -0.608. The van der Waals surface area contributed by atoms with E-state index >= 15 is 0 Å². The lowest BCUT2D eigenvalue weighted by atomic mass is 9.96. The van der Waals surface area contributed by atoms with E-state index in [9.17, 15) is 14.4 Å². The van der Waals surface area contributed by atoms with Crippen LogP contribution in [0.4, 0.5) is 0 Å². The summed E-state index contributed by atoms with van der Waals surface area (Å²) >= 11 is 0. The van der Waals surface area contributed by atoms with Crippen molar-refractivity contribution >= 4 is 17.7 Å². The molecule has 0 saturated carbocycles. The average Bonchev–Trinajstić information content (AvgIpc) is 2.75. The highest BCUT2D eigenvalue weighted by Gasteiger charge is 2.44. The summed E-state index contributed by atoms with van der Waals surface area (Å²) in [5, 5.41) is 5.45. The molecule has 6 heteroatoms. The van der Waals surface area contributed by atoms with Crippen molar-refractivity contribution in [2.24, 2.45) is 0 Å². The third-order valence-electron chi connectivity index (χ3n) is 3.74. The van der Waals surface area contributed by atoms with Crippen LogP contribution in [0.5, 0.6) is 0 Å². The molecule has 0 aliphatic carbocycles. The summed E-state index contributed by atoms with van der Waals surface area (Å²) in [6.07, 6.45) is 2.20. The molecular weight excluding hydrogens is 234 g/mol. The Morgan fingerprint density at radius 3 is 2.78 bits per heavy atom. The minimum absolute atomic E-state index is 0.0274. The zero-order valence-electron chi connectivity index (χ0n) is 10.8. The van der Waals surface area contributed by atoms with E-state index in [0.29, 0.717) is 6.42 Å². The number of nitrogens with one attached hydrogen (secondary N) is 2. The fraction of sp³-hybridized carbons (Fsp3) is 0.750. The lowest BCUT2D eigenvalue weighted by Crippen LogP contribution is -2.64. The van der Waals surface area contributed by atoms with E-state index in [1.54, 1.807) is 0 Å². The van der Waals surface area contributed by atoms with Crippen molar-refractivity contribution in [2.45, 2.75) is 44.7 Å². The first-order chi connectivity index (χ1) is 8.48. The van der Waals surface area contributed by atoms with E-state index in [0.717, 1.165) is 19.4 Å². The van der Waals surface area contributed by atoms with Crippen molar-refractivity contribution < 1.29 is 14.4 Å². The Bertz CT molecular complexity index is 388. The van der Waals surface area contributed by atoms with Gasteiger partial charge in [-0.15, -0.1) is 0 Å². The van der Waals surface area contributed by atoms with Crippen molar-refractivity contribution in [1.82, 2.24) is 15.5 Å². The molecule has 3 amide bonds. The zero-order valence-corrected chi connectivity index (χ0v) is 10.8. The van der Waals surface area contributed by atoms with Gasteiger partial charge in [-0.25, -0.2) is 0 Å². The van der Waals surface area contributed by atoms with E-state index in [-0.39, 0.29) is 18.4 Å². The first-order valence-electron chi connectivity index (χ1n) is 6.38. The van der Waals surface area contributed by atoms with E-state index in [1.807, 2.05) is 13.8 Å².